The zero-order valence-corrected chi connectivity index (χ0v) is 17.3. The van der Waals surface area contributed by atoms with Crippen molar-refractivity contribution in [2.45, 2.75) is 20.8 Å². The number of fused-ring (bicyclic) bond motifs is 1. The van der Waals surface area contributed by atoms with Crippen LogP contribution in [0.5, 0.6) is 0 Å². The van der Waals surface area contributed by atoms with Crippen LogP contribution in [-0.2, 0) is 0 Å². The van der Waals surface area contributed by atoms with Crippen molar-refractivity contribution in [1.82, 2.24) is 0 Å². The van der Waals surface area contributed by atoms with Crippen LogP contribution in [-0.4, -0.2) is 15.0 Å². The Labute approximate surface area is 165 Å². The molecule has 3 aromatic carbocycles. The van der Waals surface area contributed by atoms with Gasteiger partial charge in [-0.1, -0.05) is 0 Å². The number of rotatable bonds is 3. The summed E-state index contributed by atoms with van der Waals surface area (Å²) in [5.74, 6) is 0. The van der Waals surface area contributed by atoms with Crippen LogP contribution in [0.15, 0.2) is 75.9 Å². The van der Waals surface area contributed by atoms with Crippen molar-refractivity contribution in [2.24, 2.45) is 0 Å². The van der Waals surface area contributed by atoms with Crippen molar-refractivity contribution in [3.05, 3.63) is 93.8 Å². The summed E-state index contributed by atoms with van der Waals surface area (Å²) in [5.41, 5.74) is 6.05. The molecule has 0 saturated carbocycles. The predicted molar refractivity (Wildman–Crippen MR) is 114 cm³/mol. The molecule has 4 rings (SSSR count). The molecule has 0 spiro atoms. The second-order valence-corrected chi connectivity index (χ2v) is 9.15. The summed E-state index contributed by atoms with van der Waals surface area (Å²) in [6.07, 6.45) is 0. The second-order valence-electron chi connectivity index (χ2n) is 6.87. The third kappa shape index (κ3) is 3.62. The molecule has 1 heterocycles. The maximum atomic E-state index is 12.9. The Kier molecular flexibility index (Phi) is 4.73. The van der Waals surface area contributed by atoms with Crippen LogP contribution < -0.4 is 14.5 Å². The molecule has 0 saturated heterocycles. The van der Waals surface area contributed by atoms with Crippen LogP contribution >= 0.6 is 0 Å². The molecule has 2 nitrogen and oxygen atoms in total. The molecule has 3 heteroatoms. The van der Waals surface area contributed by atoms with E-state index in [2.05, 4.69) is 75.4 Å². The van der Waals surface area contributed by atoms with Gasteiger partial charge in [0.25, 0.3) is 0 Å². The van der Waals surface area contributed by atoms with E-state index >= 15 is 0 Å². The number of aryl methyl sites for hydroxylation is 3. The predicted octanol–water partition coefficient (Wildman–Crippen LogP) is 4.04. The standard InChI is InChI=1S/C24H20O2Se/c1-15-4-9-18(10-5-15)22-20-14-17(3)8-13-21(20)26-24(25)23(22)27-19-11-6-16(2)7-12-19/h4-14H,1-3H3. The first-order chi connectivity index (χ1) is 13.0. The summed E-state index contributed by atoms with van der Waals surface area (Å²) in [4.78, 5) is 12.9. The first kappa shape index (κ1) is 17.8. The third-order valence-electron chi connectivity index (χ3n) is 4.60. The van der Waals surface area contributed by atoms with Gasteiger partial charge in [0.05, 0.1) is 0 Å². The van der Waals surface area contributed by atoms with Crippen LogP contribution in [0.25, 0.3) is 22.1 Å². The van der Waals surface area contributed by atoms with Gasteiger partial charge in [-0.05, 0) is 0 Å². The summed E-state index contributed by atoms with van der Waals surface area (Å²) in [5, 5.41) is 1.00. The van der Waals surface area contributed by atoms with Gasteiger partial charge in [0, 0.05) is 0 Å². The molecule has 0 aliphatic rings. The Morgan fingerprint density at radius 2 is 1.33 bits per heavy atom. The normalized spacial score (nSPS) is 11.1. The van der Waals surface area contributed by atoms with E-state index in [9.17, 15) is 4.79 Å². The monoisotopic (exact) mass is 420 g/mol. The minimum atomic E-state index is -0.234. The third-order valence-corrected chi connectivity index (χ3v) is 6.87. The summed E-state index contributed by atoms with van der Waals surface area (Å²) in [7, 11) is 0. The zero-order valence-electron chi connectivity index (χ0n) is 15.6. The van der Waals surface area contributed by atoms with E-state index < -0.39 is 0 Å². The van der Waals surface area contributed by atoms with Crippen molar-refractivity contribution in [1.29, 1.82) is 0 Å². The van der Waals surface area contributed by atoms with E-state index in [-0.39, 0.29) is 20.6 Å². The SMILES string of the molecule is Cc1ccc([Se]c2c(-c3ccc(C)cc3)c3cc(C)ccc3oc2=O)cc1. The van der Waals surface area contributed by atoms with Crippen LogP contribution in [0.3, 0.4) is 0 Å². The summed E-state index contributed by atoms with van der Waals surface area (Å²) in [6, 6.07) is 22.8. The fourth-order valence-electron chi connectivity index (χ4n) is 3.12. The number of hydrogen-bond acceptors (Lipinski definition) is 2. The molecule has 0 bridgehead atoms. The van der Waals surface area contributed by atoms with E-state index in [1.807, 2.05) is 12.1 Å². The van der Waals surface area contributed by atoms with E-state index in [1.165, 1.54) is 15.6 Å². The van der Waals surface area contributed by atoms with Crippen LogP contribution in [0.4, 0.5) is 0 Å². The topological polar surface area (TPSA) is 30.2 Å². The quantitative estimate of drug-likeness (QED) is 0.371. The van der Waals surface area contributed by atoms with Gasteiger partial charge in [0.2, 0.25) is 0 Å². The van der Waals surface area contributed by atoms with Gasteiger partial charge in [-0.2, -0.15) is 0 Å². The average molecular weight is 419 g/mol. The summed E-state index contributed by atoms with van der Waals surface area (Å²) < 4.78 is 7.63. The van der Waals surface area contributed by atoms with Gasteiger partial charge in [-0.15, -0.1) is 0 Å². The molecule has 0 radical (unpaired) electrons. The van der Waals surface area contributed by atoms with Gasteiger partial charge in [-0.25, -0.2) is 0 Å². The minimum absolute atomic E-state index is 0.133. The fraction of sp³-hybridized carbons (Fsp3) is 0.125. The Hall–Kier alpha value is -2.61. The molecular formula is C24H20O2Se. The molecule has 1 aromatic heterocycles. The number of benzene rings is 3. The van der Waals surface area contributed by atoms with Crippen LogP contribution in [0, 0.1) is 20.8 Å². The van der Waals surface area contributed by atoms with Gasteiger partial charge in [-0.3, -0.25) is 0 Å². The Balaban J connectivity index is 2.00. The van der Waals surface area contributed by atoms with Gasteiger partial charge in [0.1, 0.15) is 0 Å². The molecule has 0 amide bonds. The summed E-state index contributed by atoms with van der Waals surface area (Å²) in [6.45, 7) is 6.21. The average Bonchev–Trinajstić information content (AvgIpc) is 2.65. The fourth-order valence-corrected chi connectivity index (χ4v) is 5.14. The van der Waals surface area contributed by atoms with Gasteiger partial charge >= 0.3 is 165 Å². The number of hydrogen-bond donors (Lipinski definition) is 0. The van der Waals surface area contributed by atoms with Gasteiger partial charge in [0.15, 0.2) is 0 Å². The van der Waals surface area contributed by atoms with Gasteiger partial charge < -0.3 is 0 Å². The van der Waals surface area contributed by atoms with Crippen LogP contribution in [0.1, 0.15) is 16.7 Å². The van der Waals surface area contributed by atoms with Crippen LogP contribution in [0.2, 0.25) is 0 Å². The van der Waals surface area contributed by atoms with Crippen molar-refractivity contribution in [3.63, 3.8) is 0 Å². The first-order valence-corrected chi connectivity index (χ1v) is 10.6. The zero-order chi connectivity index (χ0) is 19.0. The van der Waals surface area contributed by atoms with Crippen molar-refractivity contribution < 1.29 is 4.42 Å². The Morgan fingerprint density at radius 3 is 2.00 bits per heavy atom. The van der Waals surface area contributed by atoms with E-state index in [0.29, 0.717) is 5.58 Å². The van der Waals surface area contributed by atoms with Crippen molar-refractivity contribution in [2.75, 3.05) is 0 Å². The Morgan fingerprint density at radius 1 is 0.741 bits per heavy atom. The maximum absolute atomic E-state index is 12.9. The molecule has 0 unspecified atom stereocenters. The molecule has 4 aromatic rings. The molecule has 27 heavy (non-hydrogen) atoms. The molecular weight excluding hydrogens is 399 g/mol. The molecule has 0 fully saturated rings. The second kappa shape index (κ2) is 7.19. The van der Waals surface area contributed by atoms with Crippen molar-refractivity contribution in [3.8, 4) is 11.1 Å². The summed E-state index contributed by atoms with van der Waals surface area (Å²) >= 11 is -0.133. The Bertz CT molecular complexity index is 1170. The van der Waals surface area contributed by atoms with E-state index in [1.54, 1.807) is 0 Å². The first-order valence-electron chi connectivity index (χ1n) is 8.90. The molecule has 0 atom stereocenters. The molecule has 0 aliphatic carbocycles. The van der Waals surface area contributed by atoms with Crippen molar-refractivity contribution >= 4 is 34.8 Å². The molecule has 0 aliphatic heterocycles. The molecule has 134 valence electrons. The molecule has 0 N–H and O–H groups in total. The van der Waals surface area contributed by atoms with E-state index in [0.717, 1.165) is 26.5 Å². The van der Waals surface area contributed by atoms with E-state index in [4.69, 9.17) is 4.42 Å².